The lowest BCUT2D eigenvalue weighted by molar-refractivity contribution is 0.00293. The third kappa shape index (κ3) is 3.33. The monoisotopic (exact) mass is 218 g/mol. The van der Waals surface area contributed by atoms with Crippen molar-refractivity contribution in [1.82, 2.24) is 10.6 Å². The molecule has 0 bridgehead atoms. The smallest absolute Gasteiger partial charge is 0.315 e. The first kappa shape index (κ1) is 12.2. The van der Waals surface area contributed by atoms with Gasteiger partial charge in [-0.05, 0) is 13.8 Å². The number of ether oxygens (including phenoxy) is 1. The summed E-state index contributed by atoms with van der Waals surface area (Å²) in [5, 5.41) is 23.7. The number of hydrogen-bond donors (Lipinski definition) is 4. The molecule has 15 heavy (non-hydrogen) atoms. The Morgan fingerprint density at radius 1 is 1.60 bits per heavy atom. The van der Waals surface area contributed by atoms with Gasteiger partial charge in [0.2, 0.25) is 0 Å². The Kier molecular flexibility index (Phi) is 4.31. The van der Waals surface area contributed by atoms with Gasteiger partial charge in [-0.15, -0.1) is 0 Å². The van der Waals surface area contributed by atoms with Gasteiger partial charge in [0.1, 0.15) is 12.2 Å². The molecule has 0 radical (unpaired) electrons. The maximum Gasteiger partial charge on any atom is 0.315 e. The fraction of sp³-hybridized carbons (Fsp3) is 0.889. The van der Waals surface area contributed by atoms with Crippen LogP contribution in [-0.4, -0.2) is 53.7 Å². The van der Waals surface area contributed by atoms with Crippen LogP contribution in [0.1, 0.15) is 13.8 Å². The molecule has 6 heteroatoms. The number of aliphatic hydroxyl groups is 2. The van der Waals surface area contributed by atoms with E-state index in [1.165, 1.54) is 0 Å². The zero-order valence-corrected chi connectivity index (χ0v) is 8.93. The third-order valence-electron chi connectivity index (χ3n) is 2.20. The molecule has 1 rings (SSSR count). The molecule has 0 aromatic rings. The first-order chi connectivity index (χ1) is 7.04. The second-order valence-electron chi connectivity index (χ2n) is 3.92. The minimum absolute atomic E-state index is 0.0399. The summed E-state index contributed by atoms with van der Waals surface area (Å²) >= 11 is 0. The number of hydrogen-bond acceptors (Lipinski definition) is 4. The van der Waals surface area contributed by atoms with Crippen LogP contribution >= 0.6 is 0 Å². The molecule has 4 N–H and O–H groups in total. The Morgan fingerprint density at radius 2 is 2.27 bits per heavy atom. The number of rotatable bonds is 3. The van der Waals surface area contributed by atoms with E-state index in [1.54, 1.807) is 0 Å². The van der Waals surface area contributed by atoms with Gasteiger partial charge in [-0.2, -0.15) is 0 Å². The molecule has 1 saturated heterocycles. The first-order valence-corrected chi connectivity index (χ1v) is 5.02. The summed E-state index contributed by atoms with van der Waals surface area (Å²) in [5.41, 5.74) is 0. The van der Waals surface area contributed by atoms with Gasteiger partial charge in [-0.1, -0.05) is 0 Å². The van der Waals surface area contributed by atoms with Crippen LogP contribution in [0.25, 0.3) is 0 Å². The highest BCUT2D eigenvalue weighted by Crippen LogP contribution is 2.13. The van der Waals surface area contributed by atoms with Crippen molar-refractivity contribution in [3.63, 3.8) is 0 Å². The lowest BCUT2D eigenvalue weighted by atomic mass is 10.1. The maximum atomic E-state index is 11.3. The Labute approximate surface area is 88.6 Å². The summed E-state index contributed by atoms with van der Waals surface area (Å²) in [6, 6.07) is -0.754. The Morgan fingerprint density at radius 3 is 2.73 bits per heavy atom. The van der Waals surface area contributed by atoms with Gasteiger partial charge in [0.05, 0.1) is 19.3 Å². The standard InChI is InChI=1S/C9H18N2O4/c1-5(2)10-9(14)11-6-4-15-7(3-12)8(6)13/h5-8,12-13H,3-4H2,1-2H3,(H2,10,11,14)/t6-,7-,8+/m1/s1. The Hall–Kier alpha value is -0.850. The maximum absolute atomic E-state index is 11.3. The average Bonchev–Trinajstić information content (AvgIpc) is 2.46. The van der Waals surface area contributed by atoms with Crippen molar-refractivity contribution < 1.29 is 19.7 Å². The largest absolute Gasteiger partial charge is 0.394 e. The van der Waals surface area contributed by atoms with Crippen molar-refractivity contribution in [3.8, 4) is 0 Å². The molecule has 0 aliphatic carbocycles. The molecule has 6 nitrogen and oxygen atoms in total. The topological polar surface area (TPSA) is 90.8 Å². The van der Waals surface area contributed by atoms with Crippen molar-refractivity contribution in [2.24, 2.45) is 0 Å². The third-order valence-corrected chi connectivity index (χ3v) is 2.20. The lowest BCUT2D eigenvalue weighted by Crippen LogP contribution is -2.50. The van der Waals surface area contributed by atoms with E-state index in [0.29, 0.717) is 0 Å². The molecule has 0 aromatic heterocycles. The highest BCUT2D eigenvalue weighted by Gasteiger charge is 2.36. The van der Waals surface area contributed by atoms with Gasteiger partial charge in [-0.3, -0.25) is 0 Å². The molecule has 0 aromatic carbocycles. The van der Waals surface area contributed by atoms with E-state index >= 15 is 0 Å². The summed E-state index contributed by atoms with van der Waals surface area (Å²) in [7, 11) is 0. The van der Waals surface area contributed by atoms with E-state index in [2.05, 4.69) is 10.6 Å². The SMILES string of the molecule is CC(C)NC(=O)N[C@@H]1CO[C@H](CO)[C@H]1O. The van der Waals surface area contributed by atoms with E-state index in [0.717, 1.165) is 0 Å². The van der Waals surface area contributed by atoms with Crippen LogP contribution in [0.15, 0.2) is 0 Å². The van der Waals surface area contributed by atoms with Crippen LogP contribution in [0.3, 0.4) is 0 Å². The second kappa shape index (κ2) is 5.29. The van der Waals surface area contributed by atoms with Crippen LogP contribution in [0.5, 0.6) is 0 Å². The molecule has 3 atom stereocenters. The van der Waals surface area contributed by atoms with E-state index < -0.39 is 18.2 Å². The highest BCUT2D eigenvalue weighted by atomic mass is 16.5. The van der Waals surface area contributed by atoms with Crippen molar-refractivity contribution >= 4 is 6.03 Å². The van der Waals surface area contributed by atoms with Crippen LogP contribution in [0.2, 0.25) is 0 Å². The summed E-state index contributed by atoms with van der Waals surface area (Å²) in [4.78, 5) is 11.3. The highest BCUT2D eigenvalue weighted by molar-refractivity contribution is 5.74. The Bertz CT molecular complexity index is 222. The van der Waals surface area contributed by atoms with Gasteiger partial charge in [0.25, 0.3) is 0 Å². The van der Waals surface area contributed by atoms with E-state index in [1.807, 2.05) is 13.8 Å². The average molecular weight is 218 g/mol. The quantitative estimate of drug-likeness (QED) is 0.479. The van der Waals surface area contributed by atoms with Crippen molar-refractivity contribution in [3.05, 3.63) is 0 Å². The number of carbonyl (C=O) groups excluding carboxylic acids is 1. The molecule has 2 amide bonds. The molecule has 0 saturated carbocycles. The Balaban J connectivity index is 2.36. The van der Waals surface area contributed by atoms with Crippen molar-refractivity contribution in [2.75, 3.05) is 13.2 Å². The summed E-state index contributed by atoms with van der Waals surface area (Å²) in [6.45, 7) is 3.67. The number of urea groups is 1. The van der Waals surface area contributed by atoms with Gasteiger partial charge >= 0.3 is 6.03 Å². The van der Waals surface area contributed by atoms with Crippen LogP contribution in [0.4, 0.5) is 4.79 Å². The minimum Gasteiger partial charge on any atom is -0.394 e. The van der Waals surface area contributed by atoms with Gasteiger partial charge < -0.3 is 25.6 Å². The van der Waals surface area contributed by atoms with Gasteiger partial charge in [0, 0.05) is 6.04 Å². The van der Waals surface area contributed by atoms with Crippen molar-refractivity contribution in [2.45, 2.75) is 38.1 Å². The predicted molar refractivity (Wildman–Crippen MR) is 53.4 cm³/mol. The van der Waals surface area contributed by atoms with Gasteiger partial charge in [-0.25, -0.2) is 4.79 Å². The predicted octanol–water partition coefficient (Wildman–Crippen LogP) is -1.19. The van der Waals surface area contributed by atoms with E-state index in [9.17, 15) is 9.90 Å². The first-order valence-electron chi connectivity index (χ1n) is 5.02. The van der Waals surface area contributed by atoms with E-state index in [-0.39, 0.29) is 25.3 Å². The fourth-order valence-corrected chi connectivity index (χ4v) is 1.44. The van der Waals surface area contributed by atoms with Gasteiger partial charge in [0.15, 0.2) is 0 Å². The molecule has 1 fully saturated rings. The normalized spacial score (nSPS) is 30.6. The minimum atomic E-state index is -0.854. The molecule has 0 spiro atoms. The molecular formula is C9H18N2O4. The zero-order valence-electron chi connectivity index (χ0n) is 8.93. The molecule has 88 valence electrons. The number of nitrogens with one attached hydrogen (secondary N) is 2. The summed E-state index contributed by atoms with van der Waals surface area (Å²) < 4.78 is 5.09. The zero-order chi connectivity index (χ0) is 11.4. The molecule has 1 heterocycles. The molecule has 1 aliphatic heterocycles. The van der Waals surface area contributed by atoms with Crippen LogP contribution < -0.4 is 10.6 Å². The number of carbonyl (C=O) groups is 1. The van der Waals surface area contributed by atoms with Crippen LogP contribution in [-0.2, 0) is 4.74 Å². The van der Waals surface area contributed by atoms with E-state index in [4.69, 9.17) is 9.84 Å². The van der Waals surface area contributed by atoms with Crippen molar-refractivity contribution in [1.29, 1.82) is 0 Å². The molecule has 1 aliphatic rings. The number of amides is 2. The second-order valence-corrected chi connectivity index (χ2v) is 3.92. The van der Waals surface area contributed by atoms with Crippen LogP contribution in [0, 0.1) is 0 Å². The fourth-order valence-electron chi connectivity index (χ4n) is 1.44. The number of aliphatic hydroxyl groups excluding tert-OH is 2. The summed E-state index contributed by atoms with van der Waals surface area (Å²) in [5.74, 6) is 0. The molecular weight excluding hydrogens is 200 g/mol. The summed E-state index contributed by atoms with van der Waals surface area (Å²) in [6.07, 6.45) is -1.46. The molecule has 0 unspecified atom stereocenters. The lowest BCUT2D eigenvalue weighted by Gasteiger charge is -2.18.